The second kappa shape index (κ2) is 6.56. The number of carbonyl (C=O) groups is 1. The van der Waals surface area contributed by atoms with E-state index in [0.29, 0.717) is 0 Å². The first-order valence-corrected chi connectivity index (χ1v) is 8.76. The molecule has 0 unspecified atom stereocenters. The maximum absolute atomic E-state index is 12.2. The minimum atomic E-state index is -4.53. The standard InChI is InChI=1S/C13H13ClF3NO4S/c14-9-1-2-11(22-7-13(15,16)17)10(5-9)18-12(19)8-3-4-23(20,21)6-8/h1-2,5,8H,3-4,6-7H2,(H,18,19)/t8-/m0/s1. The summed E-state index contributed by atoms with van der Waals surface area (Å²) in [6.45, 7) is -1.52. The van der Waals surface area contributed by atoms with Crippen LogP contribution in [0.25, 0.3) is 0 Å². The van der Waals surface area contributed by atoms with Gasteiger partial charge in [0.2, 0.25) is 5.91 Å². The van der Waals surface area contributed by atoms with Crippen LogP contribution in [0.15, 0.2) is 18.2 Å². The first kappa shape index (κ1) is 17.9. The lowest BCUT2D eigenvalue weighted by molar-refractivity contribution is -0.153. The fourth-order valence-electron chi connectivity index (χ4n) is 2.12. The molecule has 0 bridgehead atoms. The van der Waals surface area contributed by atoms with Crippen LogP contribution in [0.3, 0.4) is 0 Å². The van der Waals surface area contributed by atoms with Crippen LogP contribution in [-0.4, -0.2) is 38.6 Å². The Hall–Kier alpha value is -1.48. The van der Waals surface area contributed by atoms with E-state index < -0.39 is 34.4 Å². The van der Waals surface area contributed by atoms with Crippen molar-refractivity contribution in [2.75, 3.05) is 23.4 Å². The highest BCUT2D eigenvalue weighted by atomic mass is 35.5. The summed E-state index contributed by atoms with van der Waals surface area (Å²) in [5, 5.41) is 2.58. The van der Waals surface area contributed by atoms with Crippen LogP contribution in [-0.2, 0) is 14.6 Å². The molecule has 1 aromatic rings. The van der Waals surface area contributed by atoms with E-state index in [4.69, 9.17) is 11.6 Å². The highest BCUT2D eigenvalue weighted by molar-refractivity contribution is 7.91. The molecule has 1 amide bonds. The number of alkyl halides is 3. The molecule has 0 aromatic heterocycles. The van der Waals surface area contributed by atoms with Gasteiger partial charge in [0.25, 0.3) is 0 Å². The van der Waals surface area contributed by atoms with Gasteiger partial charge in [-0.1, -0.05) is 11.6 Å². The zero-order valence-electron chi connectivity index (χ0n) is 11.7. The number of nitrogens with one attached hydrogen (secondary N) is 1. The molecule has 0 spiro atoms. The Morgan fingerprint density at radius 1 is 1.39 bits per heavy atom. The number of hydrogen-bond acceptors (Lipinski definition) is 4. The molecular formula is C13H13ClF3NO4S. The van der Waals surface area contributed by atoms with Crippen molar-refractivity contribution < 1.29 is 31.1 Å². The first-order chi connectivity index (χ1) is 10.6. The third-order valence-electron chi connectivity index (χ3n) is 3.19. The van der Waals surface area contributed by atoms with Gasteiger partial charge < -0.3 is 10.1 Å². The van der Waals surface area contributed by atoms with Gasteiger partial charge in [0.1, 0.15) is 5.75 Å². The molecule has 0 aliphatic carbocycles. The molecule has 23 heavy (non-hydrogen) atoms. The smallest absolute Gasteiger partial charge is 0.422 e. The van der Waals surface area contributed by atoms with Crippen LogP contribution in [0, 0.1) is 5.92 Å². The second-order valence-electron chi connectivity index (χ2n) is 5.13. The van der Waals surface area contributed by atoms with E-state index in [0.717, 1.165) is 0 Å². The summed E-state index contributed by atoms with van der Waals surface area (Å²) in [7, 11) is -3.25. The molecule has 1 N–H and O–H groups in total. The predicted octanol–water partition coefficient (Wildman–Crippen LogP) is 2.65. The van der Waals surface area contributed by atoms with Gasteiger partial charge in [0.05, 0.1) is 23.1 Å². The van der Waals surface area contributed by atoms with Crippen molar-refractivity contribution >= 4 is 33.0 Å². The molecule has 5 nitrogen and oxygen atoms in total. The molecule has 0 saturated carbocycles. The van der Waals surface area contributed by atoms with Gasteiger partial charge in [-0.15, -0.1) is 0 Å². The van der Waals surface area contributed by atoms with Gasteiger partial charge in [-0.3, -0.25) is 4.79 Å². The van der Waals surface area contributed by atoms with Gasteiger partial charge in [-0.2, -0.15) is 13.2 Å². The van der Waals surface area contributed by atoms with E-state index in [1.165, 1.54) is 18.2 Å². The maximum atomic E-state index is 12.2. The van der Waals surface area contributed by atoms with Crippen LogP contribution < -0.4 is 10.1 Å². The number of anilines is 1. The number of hydrogen-bond donors (Lipinski definition) is 1. The maximum Gasteiger partial charge on any atom is 0.422 e. The molecule has 1 atom stereocenters. The zero-order chi connectivity index (χ0) is 17.3. The Morgan fingerprint density at radius 3 is 2.65 bits per heavy atom. The van der Waals surface area contributed by atoms with E-state index in [9.17, 15) is 26.4 Å². The monoisotopic (exact) mass is 371 g/mol. The highest BCUT2D eigenvalue weighted by Crippen LogP contribution is 2.31. The Morgan fingerprint density at radius 2 is 2.09 bits per heavy atom. The largest absolute Gasteiger partial charge is 0.482 e. The van der Waals surface area contributed by atoms with E-state index in [1.807, 2.05) is 0 Å². The van der Waals surface area contributed by atoms with E-state index in [-0.39, 0.29) is 34.4 Å². The summed E-state index contributed by atoms with van der Waals surface area (Å²) < 4.78 is 64.1. The number of halogens is 4. The van der Waals surface area contributed by atoms with Crippen molar-refractivity contribution in [1.29, 1.82) is 0 Å². The van der Waals surface area contributed by atoms with Crippen molar-refractivity contribution in [1.82, 2.24) is 0 Å². The summed E-state index contributed by atoms with van der Waals surface area (Å²) in [5.74, 6) is -1.89. The average molecular weight is 372 g/mol. The van der Waals surface area contributed by atoms with Crippen LogP contribution in [0.5, 0.6) is 5.75 Å². The van der Waals surface area contributed by atoms with Gasteiger partial charge in [-0.25, -0.2) is 8.42 Å². The number of carbonyl (C=O) groups excluding carboxylic acids is 1. The highest BCUT2D eigenvalue weighted by Gasteiger charge is 2.33. The lowest BCUT2D eigenvalue weighted by atomic mass is 10.1. The van der Waals surface area contributed by atoms with Crippen LogP contribution in [0.4, 0.5) is 18.9 Å². The van der Waals surface area contributed by atoms with Crippen LogP contribution >= 0.6 is 11.6 Å². The molecule has 2 rings (SSSR count). The average Bonchev–Trinajstić information content (AvgIpc) is 2.77. The zero-order valence-corrected chi connectivity index (χ0v) is 13.3. The van der Waals surface area contributed by atoms with E-state index in [1.54, 1.807) is 0 Å². The fraction of sp³-hybridized carbons (Fsp3) is 0.462. The molecule has 1 aliphatic heterocycles. The number of benzene rings is 1. The minimum absolute atomic E-state index is 0.0314. The molecule has 1 heterocycles. The van der Waals surface area contributed by atoms with E-state index >= 15 is 0 Å². The SMILES string of the molecule is O=C(Nc1cc(Cl)ccc1OCC(F)(F)F)[C@H]1CCS(=O)(=O)C1. The third kappa shape index (κ3) is 5.28. The van der Waals surface area contributed by atoms with Crippen molar-refractivity contribution in [3.05, 3.63) is 23.2 Å². The number of sulfone groups is 1. The summed E-state index contributed by atoms with van der Waals surface area (Å²) in [6, 6.07) is 3.77. The van der Waals surface area contributed by atoms with E-state index in [2.05, 4.69) is 10.1 Å². The Kier molecular flexibility index (Phi) is 5.10. The fourth-order valence-corrected chi connectivity index (χ4v) is 4.04. The van der Waals surface area contributed by atoms with Gasteiger partial charge in [0.15, 0.2) is 16.4 Å². The normalized spacial score (nSPS) is 20.3. The topological polar surface area (TPSA) is 72.5 Å². The molecule has 1 aliphatic rings. The summed E-state index contributed by atoms with van der Waals surface area (Å²) >= 11 is 5.77. The van der Waals surface area contributed by atoms with Crippen molar-refractivity contribution in [3.63, 3.8) is 0 Å². The number of ether oxygens (including phenoxy) is 1. The molecule has 10 heteroatoms. The molecule has 128 valence electrons. The summed E-state index contributed by atoms with van der Waals surface area (Å²) in [4.78, 5) is 12.1. The minimum Gasteiger partial charge on any atom is -0.482 e. The number of amides is 1. The lowest BCUT2D eigenvalue weighted by Gasteiger charge is -2.15. The van der Waals surface area contributed by atoms with Crippen LogP contribution in [0.2, 0.25) is 5.02 Å². The Labute approximate surface area is 135 Å². The lowest BCUT2D eigenvalue weighted by Crippen LogP contribution is -2.25. The van der Waals surface area contributed by atoms with Crippen LogP contribution in [0.1, 0.15) is 6.42 Å². The Bertz CT molecular complexity index is 706. The first-order valence-electron chi connectivity index (χ1n) is 6.56. The van der Waals surface area contributed by atoms with Gasteiger partial charge in [-0.05, 0) is 24.6 Å². The van der Waals surface area contributed by atoms with Gasteiger partial charge in [0, 0.05) is 5.02 Å². The molecular weight excluding hydrogens is 359 g/mol. The quantitative estimate of drug-likeness (QED) is 0.883. The second-order valence-corrected chi connectivity index (χ2v) is 7.80. The van der Waals surface area contributed by atoms with Crippen molar-refractivity contribution in [2.45, 2.75) is 12.6 Å². The summed E-state index contributed by atoms with van der Waals surface area (Å²) in [5.41, 5.74) is -0.0314. The molecule has 1 aromatic carbocycles. The number of rotatable bonds is 4. The molecule has 1 saturated heterocycles. The third-order valence-corrected chi connectivity index (χ3v) is 5.20. The molecule has 1 fully saturated rings. The van der Waals surface area contributed by atoms with Gasteiger partial charge >= 0.3 is 6.18 Å². The van der Waals surface area contributed by atoms with Crippen molar-refractivity contribution in [2.24, 2.45) is 5.92 Å². The van der Waals surface area contributed by atoms with Crippen molar-refractivity contribution in [3.8, 4) is 5.75 Å². The molecule has 0 radical (unpaired) electrons. The summed E-state index contributed by atoms with van der Waals surface area (Å²) in [6.07, 6.45) is -4.35. The predicted molar refractivity (Wildman–Crippen MR) is 78.4 cm³/mol. The Balaban J connectivity index is 2.12.